The molecule has 1 amide bonds. The van der Waals surface area contributed by atoms with Crippen molar-refractivity contribution in [3.63, 3.8) is 0 Å². The van der Waals surface area contributed by atoms with Gasteiger partial charge in [-0.3, -0.25) is 4.79 Å². The maximum atomic E-state index is 12.1. The molecule has 1 aromatic heterocycles. The minimum Gasteiger partial charge on any atom is -0.487 e. The molecule has 2 aliphatic rings. The van der Waals surface area contributed by atoms with Crippen molar-refractivity contribution < 1.29 is 19.7 Å². The number of ether oxygens (including phenoxy) is 1. The van der Waals surface area contributed by atoms with E-state index in [1.807, 2.05) is 24.3 Å². The zero-order valence-electron chi connectivity index (χ0n) is 15.8. The molecule has 9 heteroatoms. The van der Waals surface area contributed by atoms with Crippen LogP contribution in [-0.4, -0.2) is 52.0 Å². The number of nitrogens with zero attached hydrogens (tertiary/aromatic N) is 1. The predicted molar refractivity (Wildman–Crippen MR) is 115 cm³/mol. The number of halogens is 2. The van der Waals surface area contributed by atoms with Crippen LogP contribution >= 0.6 is 23.2 Å². The Labute approximate surface area is 182 Å². The van der Waals surface area contributed by atoms with E-state index in [0.717, 1.165) is 33.3 Å². The summed E-state index contributed by atoms with van der Waals surface area (Å²) in [7, 11) is 0. The first-order valence-electron chi connectivity index (χ1n) is 9.58. The van der Waals surface area contributed by atoms with Gasteiger partial charge < -0.3 is 30.2 Å². The lowest BCUT2D eigenvalue weighted by Crippen LogP contribution is -2.37. The van der Waals surface area contributed by atoms with Crippen molar-refractivity contribution >= 4 is 45.7 Å². The summed E-state index contributed by atoms with van der Waals surface area (Å²) in [6.07, 6.45) is -0.107. The minimum atomic E-state index is -0.744. The quantitative estimate of drug-likeness (QED) is 0.483. The Kier molecular flexibility index (Phi) is 4.78. The number of benzene rings is 2. The van der Waals surface area contributed by atoms with Crippen LogP contribution in [0.15, 0.2) is 24.3 Å². The Morgan fingerprint density at radius 3 is 2.93 bits per heavy atom. The van der Waals surface area contributed by atoms with Gasteiger partial charge in [0.25, 0.3) is 0 Å². The first-order chi connectivity index (χ1) is 14.5. The molecule has 0 saturated heterocycles. The lowest BCUT2D eigenvalue weighted by molar-refractivity contribution is -0.135. The number of hydrogen-bond acceptors (Lipinski definition) is 5. The highest BCUT2D eigenvalue weighted by atomic mass is 35.5. The van der Waals surface area contributed by atoms with Crippen LogP contribution in [0.3, 0.4) is 0 Å². The molecule has 30 heavy (non-hydrogen) atoms. The first-order valence-corrected chi connectivity index (χ1v) is 10.3. The Balaban J connectivity index is 1.69. The van der Waals surface area contributed by atoms with Crippen LogP contribution in [0, 0.1) is 0 Å². The maximum absolute atomic E-state index is 12.1. The van der Waals surface area contributed by atoms with Gasteiger partial charge >= 0.3 is 0 Å². The van der Waals surface area contributed by atoms with Crippen molar-refractivity contribution in [1.29, 1.82) is 0 Å². The second-order valence-electron chi connectivity index (χ2n) is 7.46. The molecule has 7 nitrogen and oxygen atoms in total. The third-order valence-corrected chi connectivity index (χ3v) is 6.43. The molecule has 1 atom stereocenters. The molecular formula is C21H19Cl2N3O4. The molecule has 0 bridgehead atoms. The Morgan fingerprint density at radius 1 is 1.30 bits per heavy atom. The molecule has 0 fully saturated rings. The van der Waals surface area contributed by atoms with Crippen molar-refractivity contribution in [1.82, 2.24) is 9.88 Å². The van der Waals surface area contributed by atoms with Crippen LogP contribution < -0.4 is 10.1 Å². The van der Waals surface area contributed by atoms with Gasteiger partial charge in [-0.1, -0.05) is 29.3 Å². The van der Waals surface area contributed by atoms with Gasteiger partial charge in [-0.25, -0.2) is 0 Å². The molecule has 3 aromatic rings. The summed E-state index contributed by atoms with van der Waals surface area (Å²) in [6.45, 7) is 0.554. The number of aliphatic hydroxyl groups excluding tert-OH is 2. The average molecular weight is 448 g/mol. The van der Waals surface area contributed by atoms with E-state index >= 15 is 0 Å². The van der Waals surface area contributed by atoms with Crippen molar-refractivity contribution in [3.05, 3.63) is 45.6 Å². The molecule has 4 N–H and O–H groups in total. The summed E-state index contributed by atoms with van der Waals surface area (Å²) in [4.78, 5) is 17.1. The third-order valence-electron chi connectivity index (χ3n) is 5.64. The molecule has 2 aromatic carbocycles. The average Bonchev–Trinajstić information content (AvgIpc) is 3.14. The molecule has 156 valence electrons. The van der Waals surface area contributed by atoms with E-state index in [1.54, 1.807) is 4.90 Å². The van der Waals surface area contributed by atoms with Gasteiger partial charge in [0.2, 0.25) is 5.91 Å². The second-order valence-corrected chi connectivity index (χ2v) is 8.24. The summed E-state index contributed by atoms with van der Waals surface area (Å²) in [5, 5.41) is 23.7. The van der Waals surface area contributed by atoms with Crippen molar-refractivity contribution in [2.75, 3.05) is 25.1 Å². The van der Waals surface area contributed by atoms with E-state index in [-0.39, 0.29) is 12.5 Å². The van der Waals surface area contributed by atoms with Crippen molar-refractivity contribution in [3.8, 4) is 16.9 Å². The Bertz CT molecular complexity index is 1180. The molecule has 0 radical (unpaired) electrons. The number of aromatic amines is 1. The molecule has 2 aliphatic heterocycles. The van der Waals surface area contributed by atoms with Crippen LogP contribution in [0.2, 0.25) is 10.0 Å². The number of aromatic nitrogens is 1. The number of carbonyl (C=O) groups is 1. The largest absolute Gasteiger partial charge is 0.487 e. The highest BCUT2D eigenvalue weighted by molar-refractivity contribution is 6.45. The van der Waals surface area contributed by atoms with Gasteiger partial charge in [0.05, 0.1) is 21.2 Å². The molecular weight excluding hydrogens is 429 g/mol. The fourth-order valence-electron chi connectivity index (χ4n) is 4.20. The van der Waals surface area contributed by atoms with Gasteiger partial charge in [-0.2, -0.15) is 0 Å². The van der Waals surface area contributed by atoms with Crippen LogP contribution in [0.25, 0.3) is 22.0 Å². The summed E-state index contributed by atoms with van der Waals surface area (Å²) in [5.74, 6) is 0.335. The number of fused-ring (bicyclic) bond motifs is 4. The Hall–Kier alpha value is -2.45. The predicted octanol–water partition coefficient (Wildman–Crippen LogP) is 3.14. The van der Waals surface area contributed by atoms with E-state index in [1.165, 1.54) is 0 Å². The zero-order valence-corrected chi connectivity index (χ0v) is 17.3. The lowest BCUT2D eigenvalue weighted by Gasteiger charge is -2.27. The first kappa shape index (κ1) is 19.5. The zero-order chi connectivity index (χ0) is 21.0. The number of carbonyl (C=O) groups excluding carboxylic acids is 1. The maximum Gasteiger partial charge on any atom is 0.248 e. The van der Waals surface area contributed by atoms with Crippen molar-refractivity contribution in [2.24, 2.45) is 0 Å². The van der Waals surface area contributed by atoms with Crippen LogP contribution in [0.4, 0.5) is 5.69 Å². The van der Waals surface area contributed by atoms with Crippen molar-refractivity contribution in [2.45, 2.75) is 19.2 Å². The third kappa shape index (κ3) is 3.09. The smallest absolute Gasteiger partial charge is 0.248 e. The number of H-pyrrole nitrogens is 1. The number of rotatable bonds is 2. The van der Waals surface area contributed by atoms with E-state index < -0.39 is 12.8 Å². The SMILES string of the molecule is O=C(CO)N1CCc2[nH]c3c(Cl)c(Cl)cc(-c4ccc5c(c4)OCC(O)N5)c3c2C1. The van der Waals surface area contributed by atoms with Gasteiger partial charge in [-0.15, -0.1) is 0 Å². The van der Waals surface area contributed by atoms with Gasteiger partial charge in [0.1, 0.15) is 19.0 Å². The molecule has 5 rings (SSSR count). The fourth-order valence-corrected chi connectivity index (χ4v) is 4.60. The summed E-state index contributed by atoms with van der Waals surface area (Å²) in [5.41, 5.74) is 5.17. The molecule has 0 spiro atoms. The monoisotopic (exact) mass is 447 g/mol. The molecule has 0 saturated carbocycles. The molecule has 1 unspecified atom stereocenters. The van der Waals surface area contributed by atoms with Crippen LogP contribution in [0.5, 0.6) is 5.75 Å². The molecule has 3 heterocycles. The summed E-state index contributed by atoms with van der Waals surface area (Å²) >= 11 is 13.0. The number of amides is 1. The number of nitrogens with one attached hydrogen (secondary N) is 2. The van der Waals surface area contributed by atoms with Crippen LogP contribution in [0.1, 0.15) is 11.3 Å². The minimum absolute atomic E-state index is 0.158. The van der Waals surface area contributed by atoms with E-state index in [0.29, 0.717) is 41.0 Å². The Morgan fingerprint density at radius 2 is 2.13 bits per heavy atom. The van der Waals surface area contributed by atoms with E-state index in [9.17, 15) is 15.0 Å². The molecule has 0 aliphatic carbocycles. The highest BCUT2D eigenvalue weighted by Gasteiger charge is 2.27. The number of aliphatic hydroxyl groups is 2. The summed E-state index contributed by atoms with van der Waals surface area (Å²) < 4.78 is 5.66. The topological polar surface area (TPSA) is 97.8 Å². The highest BCUT2D eigenvalue weighted by Crippen LogP contribution is 2.44. The van der Waals surface area contributed by atoms with E-state index in [4.69, 9.17) is 27.9 Å². The second kappa shape index (κ2) is 7.35. The fraction of sp³-hybridized carbons (Fsp3) is 0.286. The van der Waals surface area contributed by atoms with Crippen LogP contribution in [-0.2, 0) is 17.8 Å². The van der Waals surface area contributed by atoms with Gasteiger partial charge in [0.15, 0.2) is 6.23 Å². The summed E-state index contributed by atoms with van der Waals surface area (Å²) in [6, 6.07) is 7.49. The number of hydrogen-bond donors (Lipinski definition) is 4. The van der Waals surface area contributed by atoms with Gasteiger partial charge in [0, 0.05) is 36.2 Å². The number of anilines is 1. The normalized spacial score (nSPS) is 17.9. The van der Waals surface area contributed by atoms with Gasteiger partial charge in [-0.05, 0) is 29.3 Å². The standard InChI is InChI=1S/C21H19Cl2N3O4/c22-13-6-11(10-1-2-15-16(5-10)30-9-17(28)24-15)19-12-7-26(18(29)8-27)4-3-14(12)25-21(19)20(13)23/h1-2,5-6,17,24-25,27-28H,3-4,7-9H2. The lowest BCUT2D eigenvalue weighted by atomic mass is 9.95. The van der Waals surface area contributed by atoms with E-state index in [2.05, 4.69) is 10.3 Å².